The topological polar surface area (TPSA) is 75.5 Å². The maximum atomic E-state index is 13.0. The lowest BCUT2D eigenvalue weighted by atomic mass is 10.2. The average Bonchev–Trinajstić information content (AvgIpc) is 3.27. The summed E-state index contributed by atoms with van der Waals surface area (Å²) in [6.45, 7) is 5.26. The van der Waals surface area contributed by atoms with Crippen LogP contribution in [0.1, 0.15) is 10.6 Å². The van der Waals surface area contributed by atoms with Gasteiger partial charge in [-0.05, 0) is 36.4 Å². The zero-order valence-electron chi connectivity index (χ0n) is 19.2. The van der Waals surface area contributed by atoms with Crippen molar-refractivity contribution in [2.24, 2.45) is 0 Å². The molecule has 0 atom stereocenters. The van der Waals surface area contributed by atoms with Gasteiger partial charge in [0.2, 0.25) is 0 Å². The number of ether oxygens (including phenoxy) is 1. The van der Waals surface area contributed by atoms with Gasteiger partial charge in [0, 0.05) is 45.5 Å². The fraction of sp³-hybridized carbons (Fsp3) is 0.269. The van der Waals surface area contributed by atoms with Crippen LogP contribution >= 0.6 is 0 Å². The standard InChI is InChI=1S/C26H28N6O2/c1-34-23-11-5-4-10-22(23)31-17-14-30(15-18-31)16-19-32-21-9-3-2-8-20(21)28-25(32)26(33)29-24-12-6-7-13-27-24/h2-13H,14-19H2,1H3,(H,27,29,33). The number of methoxy groups -OCH3 is 1. The second kappa shape index (κ2) is 9.93. The molecule has 1 N–H and O–H groups in total. The Hall–Kier alpha value is -3.91. The van der Waals surface area contributed by atoms with Crippen LogP contribution < -0.4 is 15.0 Å². The number of carbonyl (C=O) groups is 1. The summed E-state index contributed by atoms with van der Waals surface area (Å²) in [4.78, 5) is 26.7. The number of nitrogens with zero attached hydrogens (tertiary/aromatic N) is 5. The minimum atomic E-state index is -0.254. The average molecular weight is 457 g/mol. The largest absolute Gasteiger partial charge is 0.495 e. The minimum absolute atomic E-state index is 0.254. The van der Waals surface area contributed by atoms with Crippen molar-refractivity contribution < 1.29 is 9.53 Å². The molecule has 4 aromatic rings. The van der Waals surface area contributed by atoms with Gasteiger partial charge >= 0.3 is 0 Å². The molecule has 3 heterocycles. The highest BCUT2D eigenvalue weighted by atomic mass is 16.5. The number of amides is 1. The second-order valence-electron chi connectivity index (χ2n) is 8.25. The molecule has 0 bridgehead atoms. The zero-order valence-corrected chi connectivity index (χ0v) is 19.2. The molecular formula is C26H28N6O2. The summed E-state index contributed by atoms with van der Waals surface area (Å²) >= 11 is 0. The number of nitrogens with one attached hydrogen (secondary N) is 1. The van der Waals surface area contributed by atoms with Gasteiger partial charge in [-0.1, -0.05) is 30.3 Å². The van der Waals surface area contributed by atoms with Gasteiger partial charge in [0.15, 0.2) is 5.82 Å². The van der Waals surface area contributed by atoms with Crippen molar-refractivity contribution >= 4 is 28.4 Å². The lowest BCUT2D eigenvalue weighted by Crippen LogP contribution is -2.47. The summed E-state index contributed by atoms with van der Waals surface area (Å²) < 4.78 is 7.55. The molecule has 8 heteroatoms. The highest BCUT2D eigenvalue weighted by Gasteiger charge is 2.22. The van der Waals surface area contributed by atoms with E-state index in [0.717, 1.165) is 55.2 Å². The molecule has 34 heavy (non-hydrogen) atoms. The minimum Gasteiger partial charge on any atom is -0.495 e. The molecule has 0 spiro atoms. The molecule has 174 valence electrons. The molecule has 5 rings (SSSR count). The number of pyridine rings is 1. The first-order valence-corrected chi connectivity index (χ1v) is 11.5. The first kappa shape index (κ1) is 21.9. The summed E-state index contributed by atoms with van der Waals surface area (Å²) in [7, 11) is 1.71. The van der Waals surface area contributed by atoms with Gasteiger partial charge in [-0.2, -0.15) is 0 Å². The van der Waals surface area contributed by atoms with Crippen LogP contribution in [-0.4, -0.2) is 65.2 Å². The Morgan fingerprint density at radius 1 is 0.941 bits per heavy atom. The fourth-order valence-corrected chi connectivity index (χ4v) is 4.43. The summed E-state index contributed by atoms with van der Waals surface area (Å²) in [6.07, 6.45) is 1.66. The Bertz CT molecular complexity index is 1260. The van der Waals surface area contributed by atoms with Crippen LogP contribution in [-0.2, 0) is 6.54 Å². The zero-order chi connectivity index (χ0) is 23.3. The normalized spacial score (nSPS) is 14.3. The lowest BCUT2D eigenvalue weighted by molar-refractivity contribution is 0.101. The predicted octanol–water partition coefficient (Wildman–Crippen LogP) is 3.51. The van der Waals surface area contributed by atoms with Gasteiger partial charge in [-0.15, -0.1) is 0 Å². The molecule has 1 fully saturated rings. The van der Waals surface area contributed by atoms with E-state index in [4.69, 9.17) is 4.74 Å². The Labute approximate surface area is 198 Å². The fourth-order valence-electron chi connectivity index (χ4n) is 4.43. The molecule has 0 aliphatic carbocycles. The lowest BCUT2D eigenvalue weighted by Gasteiger charge is -2.36. The van der Waals surface area contributed by atoms with Crippen LogP contribution in [0.25, 0.3) is 11.0 Å². The van der Waals surface area contributed by atoms with E-state index in [-0.39, 0.29) is 5.91 Å². The molecular weight excluding hydrogens is 428 g/mol. The van der Waals surface area contributed by atoms with Crippen LogP contribution in [0.2, 0.25) is 0 Å². The van der Waals surface area contributed by atoms with Crippen molar-refractivity contribution in [2.75, 3.05) is 50.1 Å². The van der Waals surface area contributed by atoms with E-state index in [2.05, 4.69) is 31.2 Å². The molecule has 0 unspecified atom stereocenters. The highest BCUT2D eigenvalue weighted by molar-refractivity contribution is 6.03. The van der Waals surface area contributed by atoms with Gasteiger partial charge in [0.25, 0.3) is 5.91 Å². The van der Waals surface area contributed by atoms with Crippen molar-refractivity contribution in [3.8, 4) is 5.75 Å². The SMILES string of the molecule is COc1ccccc1N1CCN(CCn2c(C(=O)Nc3ccccn3)nc3ccccc32)CC1. The molecule has 0 saturated carbocycles. The van der Waals surface area contributed by atoms with Gasteiger partial charge in [-0.25, -0.2) is 9.97 Å². The number of aromatic nitrogens is 3. The summed E-state index contributed by atoms with van der Waals surface area (Å²) in [6, 6.07) is 21.5. The van der Waals surface area contributed by atoms with Gasteiger partial charge in [0.1, 0.15) is 11.6 Å². The van der Waals surface area contributed by atoms with Crippen molar-refractivity contribution in [3.63, 3.8) is 0 Å². The van der Waals surface area contributed by atoms with Gasteiger partial charge < -0.3 is 19.5 Å². The van der Waals surface area contributed by atoms with E-state index in [1.54, 1.807) is 19.4 Å². The third-order valence-electron chi connectivity index (χ3n) is 6.20. The monoisotopic (exact) mass is 456 g/mol. The van der Waals surface area contributed by atoms with E-state index in [1.165, 1.54) is 0 Å². The van der Waals surface area contributed by atoms with E-state index in [9.17, 15) is 4.79 Å². The number of para-hydroxylation sites is 4. The first-order chi connectivity index (χ1) is 16.7. The molecule has 2 aromatic carbocycles. The Balaban J connectivity index is 1.28. The predicted molar refractivity (Wildman–Crippen MR) is 134 cm³/mol. The van der Waals surface area contributed by atoms with E-state index in [0.29, 0.717) is 18.2 Å². The number of anilines is 2. The highest BCUT2D eigenvalue weighted by Crippen LogP contribution is 2.28. The summed E-state index contributed by atoms with van der Waals surface area (Å²) in [5.74, 6) is 1.57. The Morgan fingerprint density at radius 2 is 1.71 bits per heavy atom. The number of imidazole rings is 1. The quantitative estimate of drug-likeness (QED) is 0.459. The third kappa shape index (κ3) is 4.58. The number of rotatable bonds is 7. The smallest absolute Gasteiger partial charge is 0.292 e. The Kier molecular flexibility index (Phi) is 6.40. The van der Waals surface area contributed by atoms with Crippen LogP contribution in [0.4, 0.5) is 11.5 Å². The third-order valence-corrected chi connectivity index (χ3v) is 6.20. The number of carbonyl (C=O) groups excluding carboxylic acids is 1. The number of hydrogen-bond acceptors (Lipinski definition) is 6. The molecule has 1 aliphatic rings. The number of fused-ring (bicyclic) bond motifs is 1. The molecule has 1 amide bonds. The van der Waals surface area contributed by atoms with Crippen LogP contribution in [0, 0.1) is 0 Å². The number of hydrogen-bond donors (Lipinski definition) is 1. The van der Waals surface area contributed by atoms with Gasteiger partial charge in [0.05, 0.1) is 23.8 Å². The van der Waals surface area contributed by atoms with E-state index >= 15 is 0 Å². The summed E-state index contributed by atoms with van der Waals surface area (Å²) in [5, 5.41) is 2.87. The van der Waals surface area contributed by atoms with Crippen LogP contribution in [0.15, 0.2) is 72.9 Å². The maximum absolute atomic E-state index is 13.0. The second-order valence-corrected chi connectivity index (χ2v) is 8.25. The molecule has 8 nitrogen and oxygen atoms in total. The molecule has 1 saturated heterocycles. The summed E-state index contributed by atoms with van der Waals surface area (Å²) in [5.41, 5.74) is 2.91. The van der Waals surface area contributed by atoms with E-state index < -0.39 is 0 Å². The van der Waals surface area contributed by atoms with Gasteiger partial charge in [-0.3, -0.25) is 9.69 Å². The molecule has 1 aliphatic heterocycles. The van der Waals surface area contributed by atoms with E-state index in [1.807, 2.05) is 59.2 Å². The van der Waals surface area contributed by atoms with Crippen molar-refractivity contribution in [2.45, 2.75) is 6.54 Å². The van der Waals surface area contributed by atoms with Crippen LogP contribution in [0.5, 0.6) is 5.75 Å². The maximum Gasteiger partial charge on any atom is 0.292 e. The number of benzene rings is 2. The molecule has 0 radical (unpaired) electrons. The van der Waals surface area contributed by atoms with Crippen LogP contribution in [0.3, 0.4) is 0 Å². The van der Waals surface area contributed by atoms with Crippen molar-refractivity contribution in [1.82, 2.24) is 19.4 Å². The molecule has 2 aromatic heterocycles. The first-order valence-electron chi connectivity index (χ1n) is 11.5. The number of piperazine rings is 1. The Morgan fingerprint density at radius 3 is 2.50 bits per heavy atom. The van der Waals surface area contributed by atoms with Crippen molar-refractivity contribution in [1.29, 1.82) is 0 Å². The van der Waals surface area contributed by atoms with Crippen molar-refractivity contribution in [3.05, 3.63) is 78.8 Å².